The molecule has 14 rings (SSSR count). The molecule has 0 aliphatic carbocycles. The summed E-state index contributed by atoms with van der Waals surface area (Å²) >= 11 is 0. The van der Waals surface area contributed by atoms with E-state index in [0.29, 0.717) is 28.5 Å². The fourth-order valence-electron chi connectivity index (χ4n) is 10.9. The Morgan fingerprint density at radius 3 is 1.08 bits per heavy atom. The monoisotopic (exact) mass is 948 g/mol. The summed E-state index contributed by atoms with van der Waals surface area (Å²) in [4.78, 5) is 14.9. The van der Waals surface area contributed by atoms with E-state index in [1.807, 2.05) is 78.9 Å². The molecule has 0 amide bonds. The molecule has 14 aromatic rings. The van der Waals surface area contributed by atoms with Crippen LogP contribution in [-0.4, -0.2) is 28.7 Å². The van der Waals surface area contributed by atoms with Crippen molar-refractivity contribution in [2.24, 2.45) is 0 Å². The first-order chi connectivity index (χ1) is 35.9. The van der Waals surface area contributed by atoms with Gasteiger partial charge in [0.15, 0.2) is 17.5 Å². The molecule has 0 fully saturated rings. The van der Waals surface area contributed by atoms with Gasteiger partial charge in [0, 0.05) is 66.1 Å². The Bertz CT molecular complexity index is 4160. The Labute approximate surface area is 416 Å². The third-order valence-corrected chi connectivity index (χ3v) is 14.1. The molecule has 0 bridgehead atoms. The van der Waals surface area contributed by atoms with Gasteiger partial charge >= 0.3 is 6.18 Å². The molecule has 0 unspecified atom stereocenters. The van der Waals surface area contributed by atoms with Gasteiger partial charge in [-0.2, -0.15) is 13.2 Å². The summed E-state index contributed by atoms with van der Waals surface area (Å²) in [6.45, 7) is 0. The van der Waals surface area contributed by atoms with Crippen molar-refractivity contribution in [3.63, 3.8) is 0 Å². The van der Waals surface area contributed by atoms with E-state index in [-0.39, 0.29) is 11.4 Å². The molecule has 4 heterocycles. The maximum Gasteiger partial charge on any atom is 0.417 e. The number of hydrogen-bond donors (Lipinski definition) is 0. The van der Waals surface area contributed by atoms with Gasteiger partial charge in [-0.25, -0.2) is 15.0 Å². The zero-order valence-electron chi connectivity index (χ0n) is 38.8. The highest BCUT2D eigenvalue weighted by atomic mass is 19.4. The summed E-state index contributed by atoms with van der Waals surface area (Å²) in [6.07, 6.45) is -4.66. The fourth-order valence-corrected chi connectivity index (χ4v) is 10.9. The number of halogens is 3. The van der Waals surface area contributed by atoms with Crippen LogP contribution < -0.4 is 0 Å². The molecule has 0 spiro atoms. The number of benzene rings is 10. The number of alkyl halides is 3. The van der Waals surface area contributed by atoms with Crippen molar-refractivity contribution >= 4 is 65.4 Å². The molecule has 0 aliphatic heterocycles. The summed E-state index contributed by atoms with van der Waals surface area (Å²) in [6, 6.07) is 77.4. The van der Waals surface area contributed by atoms with E-state index in [1.54, 1.807) is 6.07 Å². The molecule has 6 nitrogen and oxygen atoms in total. The largest absolute Gasteiger partial charge is 0.417 e. The lowest BCUT2D eigenvalue weighted by molar-refractivity contribution is -0.137. The Kier molecular flexibility index (Phi) is 9.56. The summed E-state index contributed by atoms with van der Waals surface area (Å²) in [7, 11) is 0. The van der Waals surface area contributed by atoms with Gasteiger partial charge in [-0.1, -0.05) is 152 Å². The highest BCUT2D eigenvalue weighted by Crippen LogP contribution is 2.44. The Morgan fingerprint density at radius 1 is 0.274 bits per heavy atom. The molecule has 73 heavy (non-hydrogen) atoms. The minimum atomic E-state index is -4.66. The SMILES string of the molecule is FC(F)(F)c1ccccc1-c1cc(-n2c3ccc(-n4c5ccccc5c5ccccc54)cc3c3cc(-n4c5ccccc5c5ccccc54)ccc32)ccc1-c1nc(-c2ccccc2)nc(-c2ccccc2)n1. The molecule has 0 saturated carbocycles. The second-order valence-corrected chi connectivity index (χ2v) is 18.3. The van der Waals surface area contributed by atoms with Crippen LogP contribution in [0.4, 0.5) is 13.2 Å². The van der Waals surface area contributed by atoms with Crippen molar-refractivity contribution in [2.75, 3.05) is 0 Å². The topological polar surface area (TPSA) is 53.5 Å². The normalized spacial score (nSPS) is 12.0. The zero-order chi connectivity index (χ0) is 48.8. The van der Waals surface area contributed by atoms with E-state index < -0.39 is 11.7 Å². The van der Waals surface area contributed by atoms with Gasteiger partial charge in [0.05, 0.1) is 38.7 Å². The first kappa shape index (κ1) is 42.3. The number of nitrogens with zero attached hydrogens (tertiary/aromatic N) is 6. The average Bonchev–Trinajstić information content (AvgIpc) is 4.08. The van der Waals surface area contributed by atoms with E-state index in [0.717, 1.165) is 94.0 Å². The van der Waals surface area contributed by atoms with Crippen LogP contribution in [0.15, 0.2) is 237 Å². The number of fused-ring (bicyclic) bond motifs is 9. The molecular formula is C64H39F3N6. The predicted octanol–water partition coefficient (Wildman–Crippen LogP) is 16.8. The third kappa shape index (κ3) is 6.84. The highest BCUT2D eigenvalue weighted by molar-refractivity contribution is 6.14. The van der Waals surface area contributed by atoms with Crippen LogP contribution in [0.25, 0.3) is 128 Å². The van der Waals surface area contributed by atoms with Crippen molar-refractivity contribution in [2.45, 2.75) is 6.18 Å². The van der Waals surface area contributed by atoms with Crippen molar-refractivity contribution in [1.82, 2.24) is 28.7 Å². The maximum absolute atomic E-state index is 15.3. The number of rotatable bonds is 7. The fraction of sp³-hybridized carbons (Fsp3) is 0.0156. The first-order valence-corrected chi connectivity index (χ1v) is 24.1. The summed E-state index contributed by atoms with van der Waals surface area (Å²) in [5.74, 6) is 1.06. The smallest absolute Gasteiger partial charge is 0.309 e. The van der Waals surface area contributed by atoms with Crippen molar-refractivity contribution < 1.29 is 13.2 Å². The molecule has 0 radical (unpaired) electrons. The Balaban J connectivity index is 1.05. The van der Waals surface area contributed by atoms with Gasteiger partial charge in [-0.05, 0) is 96.1 Å². The number of hydrogen-bond acceptors (Lipinski definition) is 3. The lowest BCUT2D eigenvalue weighted by Crippen LogP contribution is -2.08. The van der Waals surface area contributed by atoms with Gasteiger partial charge in [0.25, 0.3) is 0 Å². The van der Waals surface area contributed by atoms with Crippen molar-refractivity contribution in [1.29, 1.82) is 0 Å². The lowest BCUT2D eigenvalue weighted by atomic mass is 9.94. The molecule has 346 valence electrons. The van der Waals surface area contributed by atoms with Crippen LogP contribution in [0.5, 0.6) is 0 Å². The van der Waals surface area contributed by atoms with Gasteiger partial charge < -0.3 is 13.7 Å². The van der Waals surface area contributed by atoms with Gasteiger partial charge in [0.2, 0.25) is 0 Å². The quantitative estimate of drug-likeness (QED) is 0.160. The molecule has 10 aromatic carbocycles. The summed E-state index contributed by atoms with van der Waals surface area (Å²) in [5, 5.41) is 6.60. The molecule has 9 heteroatoms. The van der Waals surface area contributed by atoms with E-state index in [9.17, 15) is 0 Å². The minimum absolute atomic E-state index is 0.0119. The van der Waals surface area contributed by atoms with Gasteiger partial charge in [0.1, 0.15) is 0 Å². The second kappa shape index (κ2) is 16.5. The van der Waals surface area contributed by atoms with Crippen LogP contribution >= 0.6 is 0 Å². The average molecular weight is 949 g/mol. The highest BCUT2D eigenvalue weighted by Gasteiger charge is 2.34. The van der Waals surface area contributed by atoms with Crippen LogP contribution in [0.3, 0.4) is 0 Å². The third-order valence-electron chi connectivity index (χ3n) is 14.1. The molecule has 0 aliphatic rings. The van der Waals surface area contributed by atoms with Gasteiger partial charge in [-0.3, -0.25) is 0 Å². The predicted molar refractivity (Wildman–Crippen MR) is 290 cm³/mol. The second-order valence-electron chi connectivity index (χ2n) is 18.3. The van der Waals surface area contributed by atoms with Crippen LogP contribution in [-0.2, 0) is 6.18 Å². The number of aromatic nitrogens is 6. The van der Waals surface area contributed by atoms with E-state index in [1.165, 1.54) is 12.1 Å². The standard InChI is InChI=1S/C64H39F3N6/c65-64(66,67)54-26-12-7-21-45(54)51-37-42(31-34-50(51)63-69-61(40-17-3-1-4-18-40)68-62(70-63)41-19-5-2-6-20-41)73-59-35-32-43(71-55-27-13-8-22-46(55)47-23-9-14-28-56(47)71)38-52(59)53-39-44(33-36-60(53)73)72-57-29-15-10-24-48(57)49-25-11-16-30-58(49)72/h1-39H. The summed E-state index contributed by atoms with van der Waals surface area (Å²) in [5.41, 5.74) is 10.3. The van der Waals surface area contributed by atoms with Crippen molar-refractivity contribution in [3.05, 3.63) is 242 Å². The molecule has 0 N–H and O–H groups in total. The van der Waals surface area contributed by atoms with Crippen LogP contribution in [0, 0.1) is 0 Å². The molecule has 4 aromatic heterocycles. The lowest BCUT2D eigenvalue weighted by Gasteiger charge is -2.18. The first-order valence-electron chi connectivity index (χ1n) is 24.1. The molecular weight excluding hydrogens is 910 g/mol. The molecule has 0 atom stereocenters. The molecule has 0 saturated heterocycles. The summed E-state index contributed by atoms with van der Waals surface area (Å²) < 4.78 is 52.6. The Hall–Kier alpha value is -9.60. The van der Waals surface area contributed by atoms with Crippen LogP contribution in [0.1, 0.15) is 5.56 Å². The van der Waals surface area contributed by atoms with E-state index in [2.05, 4.69) is 147 Å². The van der Waals surface area contributed by atoms with Crippen molar-refractivity contribution in [3.8, 4) is 62.4 Å². The zero-order valence-corrected chi connectivity index (χ0v) is 38.8. The van der Waals surface area contributed by atoms with E-state index >= 15 is 13.2 Å². The Morgan fingerprint density at radius 2 is 0.630 bits per heavy atom. The minimum Gasteiger partial charge on any atom is -0.309 e. The maximum atomic E-state index is 15.3. The number of para-hydroxylation sites is 4. The van der Waals surface area contributed by atoms with E-state index in [4.69, 9.17) is 15.0 Å². The van der Waals surface area contributed by atoms with Crippen LogP contribution in [0.2, 0.25) is 0 Å². The van der Waals surface area contributed by atoms with Gasteiger partial charge in [-0.15, -0.1) is 0 Å².